The van der Waals surface area contributed by atoms with E-state index in [-0.39, 0.29) is 0 Å². The van der Waals surface area contributed by atoms with E-state index in [4.69, 9.17) is 4.74 Å². The van der Waals surface area contributed by atoms with Crippen LogP contribution in [0.5, 0.6) is 0 Å². The maximum absolute atomic E-state index is 5.70. The third kappa shape index (κ3) is 6.91. The Labute approximate surface area is 94.8 Å². The highest BCUT2D eigenvalue weighted by atomic mass is 16.5. The lowest BCUT2D eigenvalue weighted by molar-refractivity contribution is 0.0955. The summed E-state index contributed by atoms with van der Waals surface area (Å²) < 4.78 is 5.70. The van der Waals surface area contributed by atoms with Gasteiger partial charge in [-0.15, -0.1) is 0 Å². The van der Waals surface area contributed by atoms with Crippen molar-refractivity contribution in [3.63, 3.8) is 0 Å². The molecule has 0 radical (unpaired) electrons. The molecule has 1 fully saturated rings. The van der Waals surface area contributed by atoms with Gasteiger partial charge in [0.25, 0.3) is 0 Å². The normalized spacial score (nSPS) is 18.0. The molecule has 0 bridgehead atoms. The molecule has 1 aliphatic carbocycles. The molecule has 1 aliphatic rings. The molecule has 0 amide bonds. The molecule has 0 saturated heterocycles. The number of hydrogen-bond acceptors (Lipinski definition) is 2. The van der Waals surface area contributed by atoms with Crippen molar-refractivity contribution in [1.82, 2.24) is 5.32 Å². The second-order valence-electron chi connectivity index (χ2n) is 4.72. The number of unbranched alkanes of at least 4 members (excludes halogenated alkanes) is 1. The molecule has 2 heteroatoms. The molecule has 1 N–H and O–H groups in total. The van der Waals surface area contributed by atoms with Crippen molar-refractivity contribution in [2.75, 3.05) is 19.8 Å². The van der Waals surface area contributed by atoms with Gasteiger partial charge >= 0.3 is 0 Å². The molecule has 1 unspecified atom stereocenters. The van der Waals surface area contributed by atoms with Crippen LogP contribution in [0.2, 0.25) is 0 Å². The molecule has 0 aliphatic heterocycles. The maximum Gasteiger partial charge on any atom is 0.0591 e. The average molecular weight is 213 g/mol. The van der Waals surface area contributed by atoms with Crippen LogP contribution in [0.25, 0.3) is 0 Å². The highest BCUT2D eigenvalue weighted by Gasteiger charge is 2.19. The second kappa shape index (κ2) is 8.12. The van der Waals surface area contributed by atoms with E-state index in [1.807, 2.05) is 0 Å². The minimum Gasteiger partial charge on any atom is -0.380 e. The van der Waals surface area contributed by atoms with E-state index in [2.05, 4.69) is 19.2 Å². The molecule has 0 heterocycles. The Bertz CT molecular complexity index is 145. The predicted molar refractivity (Wildman–Crippen MR) is 65.1 cm³/mol. The van der Waals surface area contributed by atoms with Gasteiger partial charge in [-0.1, -0.05) is 33.1 Å². The van der Waals surface area contributed by atoms with Crippen molar-refractivity contribution in [3.05, 3.63) is 0 Å². The quantitative estimate of drug-likeness (QED) is 0.563. The van der Waals surface area contributed by atoms with Crippen molar-refractivity contribution >= 4 is 0 Å². The Balaban J connectivity index is 1.86. The first-order chi connectivity index (χ1) is 7.36. The fraction of sp³-hybridized carbons (Fsp3) is 1.00. The van der Waals surface area contributed by atoms with Crippen molar-refractivity contribution in [1.29, 1.82) is 0 Å². The van der Waals surface area contributed by atoms with Crippen LogP contribution in [0.15, 0.2) is 0 Å². The molecular weight excluding hydrogens is 186 g/mol. The van der Waals surface area contributed by atoms with Crippen molar-refractivity contribution in [2.45, 2.75) is 58.4 Å². The summed E-state index contributed by atoms with van der Waals surface area (Å²) in [7, 11) is 0. The highest BCUT2D eigenvalue weighted by Crippen LogP contribution is 2.18. The first kappa shape index (κ1) is 13.0. The number of nitrogens with one attached hydrogen (secondary N) is 1. The summed E-state index contributed by atoms with van der Waals surface area (Å²) in [5, 5.41) is 3.47. The summed E-state index contributed by atoms with van der Waals surface area (Å²) in [6.07, 6.45) is 7.99. The van der Waals surface area contributed by atoms with E-state index in [0.29, 0.717) is 0 Å². The van der Waals surface area contributed by atoms with Crippen molar-refractivity contribution in [3.8, 4) is 0 Å². The topological polar surface area (TPSA) is 21.3 Å². The molecular formula is C13H27NO. The lowest BCUT2D eigenvalue weighted by Crippen LogP contribution is -2.23. The molecule has 1 atom stereocenters. The fourth-order valence-corrected chi connectivity index (χ4v) is 1.77. The lowest BCUT2D eigenvalue weighted by atomic mass is 10.0. The maximum atomic E-state index is 5.70. The zero-order valence-electron chi connectivity index (χ0n) is 10.4. The summed E-state index contributed by atoms with van der Waals surface area (Å²) >= 11 is 0. The molecule has 0 aromatic heterocycles. The Hall–Kier alpha value is -0.0800. The molecule has 2 nitrogen and oxygen atoms in total. The first-order valence-corrected chi connectivity index (χ1v) is 6.68. The minimum atomic E-state index is 0.783. The number of hydrogen-bond donors (Lipinski definition) is 1. The van der Waals surface area contributed by atoms with E-state index in [1.165, 1.54) is 38.5 Å². The zero-order chi connectivity index (χ0) is 10.9. The fourth-order valence-electron chi connectivity index (χ4n) is 1.77. The van der Waals surface area contributed by atoms with Crippen LogP contribution in [-0.4, -0.2) is 25.8 Å². The predicted octanol–water partition coefficient (Wildman–Crippen LogP) is 2.97. The van der Waals surface area contributed by atoms with Crippen molar-refractivity contribution in [2.24, 2.45) is 5.92 Å². The molecule has 0 aromatic carbocycles. The van der Waals surface area contributed by atoms with Crippen LogP contribution in [0.1, 0.15) is 52.4 Å². The summed E-state index contributed by atoms with van der Waals surface area (Å²) in [4.78, 5) is 0. The average Bonchev–Trinajstić information content (AvgIpc) is 3.06. The van der Waals surface area contributed by atoms with Gasteiger partial charge < -0.3 is 10.1 Å². The van der Waals surface area contributed by atoms with Gasteiger partial charge in [0.2, 0.25) is 0 Å². The van der Waals surface area contributed by atoms with Gasteiger partial charge in [-0.05, 0) is 25.2 Å². The SMILES string of the molecule is CCCCC(CC)COCCNC1CC1. The van der Waals surface area contributed by atoms with Gasteiger partial charge in [0.15, 0.2) is 0 Å². The van der Waals surface area contributed by atoms with Crippen LogP contribution in [0.3, 0.4) is 0 Å². The van der Waals surface area contributed by atoms with Crippen LogP contribution in [0, 0.1) is 5.92 Å². The third-order valence-electron chi connectivity index (χ3n) is 3.15. The molecule has 0 aromatic rings. The van der Waals surface area contributed by atoms with Crippen LogP contribution >= 0.6 is 0 Å². The minimum absolute atomic E-state index is 0.783. The van der Waals surface area contributed by atoms with E-state index in [0.717, 1.165) is 31.7 Å². The van der Waals surface area contributed by atoms with Gasteiger partial charge in [0.1, 0.15) is 0 Å². The van der Waals surface area contributed by atoms with Crippen LogP contribution < -0.4 is 5.32 Å². The number of rotatable bonds is 10. The van der Waals surface area contributed by atoms with Crippen LogP contribution in [0.4, 0.5) is 0 Å². The van der Waals surface area contributed by atoms with Gasteiger partial charge in [0, 0.05) is 19.2 Å². The van der Waals surface area contributed by atoms with Gasteiger partial charge in [-0.3, -0.25) is 0 Å². The third-order valence-corrected chi connectivity index (χ3v) is 3.15. The van der Waals surface area contributed by atoms with E-state index >= 15 is 0 Å². The summed E-state index contributed by atoms with van der Waals surface area (Å²) in [5.41, 5.74) is 0. The molecule has 1 rings (SSSR count). The van der Waals surface area contributed by atoms with Gasteiger partial charge in [0.05, 0.1) is 6.61 Å². The summed E-state index contributed by atoms with van der Waals surface area (Å²) in [6, 6.07) is 0.815. The molecule has 90 valence electrons. The number of ether oxygens (including phenoxy) is 1. The molecule has 15 heavy (non-hydrogen) atoms. The largest absolute Gasteiger partial charge is 0.380 e. The second-order valence-corrected chi connectivity index (χ2v) is 4.72. The Morgan fingerprint density at radius 1 is 1.33 bits per heavy atom. The Morgan fingerprint density at radius 2 is 2.13 bits per heavy atom. The summed E-state index contributed by atoms with van der Waals surface area (Å²) in [6.45, 7) is 7.41. The monoisotopic (exact) mass is 213 g/mol. The Morgan fingerprint density at radius 3 is 2.73 bits per heavy atom. The van der Waals surface area contributed by atoms with E-state index in [1.54, 1.807) is 0 Å². The van der Waals surface area contributed by atoms with Gasteiger partial charge in [-0.2, -0.15) is 0 Å². The van der Waals surface area contributed by atoms with Crippen molar-refractivity contribution < 1.29 is 4.74 Å². The Kier molecular flexibility index (Phi) is 7.03. The van der Waals surface area contributed by atoms with E-state index < -0.39 is 0 Å². The standard InChI is InChI=1S/C13H27NO/c1-3-5-6-12(4-2)11-15-10-9-14-13-7-8-13/h12-14H,3-11H2,1-2H3. The zero-order valence-corrected chi connectivity index (χ0v) is 10.4. The summed E-state index contributed by atoms with van der Waals surface area (Å²) in [5.74, 6) is 0.783. The smallest absolute Gasteiger partial charge is 0.0591 e. The highest BCUT2D eigenvalue weighted by molar-refractivity contribution is 4.80. The van der Waals surface area contributed by atoms with Gasteiger partial charge in [-0.25, -0.2) is 0 Å². The molecule has 1 saturated carbocycles. The first-order valence-electron chi connectivity index (χ1n) is 6.68. The lowest BCUT2D eigenvalue weighted by Gasteiger charge is -2.14. The van der Waals surface area contributed by atoms with E-state index in [9.17, 15) is 0 Å². The molecule has 0 spiro atoms. The van der Waals surface area contributed by atoms with Crippen LogP contribution in [-0.2, 0) is 4.74 Å².